The molecule has 2 rings (SSSR count). The summed E-state index contributed by atoms with van der Waals surface area (Å²) in [5, 5.41) is 3.89. The zero-order chi connectivity index (χ0) is 14.9. The van der Waals surface area contributed by atoms with E-state index in [9.17, 15) is 0 Å². The van der Waals surface area contributed by atoms with Gasteiger partial charge in [0.2, 0.25) is 0 Å². The standard InChI is InChI=1S/C17H20ClN3/c18-16-8-6-15(7-9-16)11-13-21-17(19)20-12-10-14-4-2-1-3-5-14/h1-9H,10-13H2,(H3,19,20,21). The van der Waals surface area contributed by atoms with E-state index in [-0.39, 0.29) is 0 Å². The van der Waals surface area contributed by atoms with Gasteiger partial charge in [-0.2, -0.15) is 0 Å². The number of halogens is 1. The van der Waals surface area contributed by atoms with E-state index in [1.165, 1.54) is 11.1 Å². The zero-order valence-corrected chi connectivity index (χ0v) is 12.7. The zero-order valence-electron chi connectivity index (χ0n) is 11.9. The molecule has 0 aromatic heterocycles. The SMILES string of the molecule is NC(=NCCc1ccc(Cl)cc1)NCCc1ccccc1. The minimum absolute atomic E-state index is 0.500. The van der Waals surface area contributed by atoms with E-state index >= 15 is 0 Å². The monoisotopic (exact) mass is 301 g/mol. The molecule has 4 heteroatoms. The van der Waals surface area contributed by atoms with E-state index in [0.717, 1.165) is 24.4 Å². The molecule has 0 aliphatic rings. The number of rotatable bonds is 6. The van der Waals surface area contributed by atoms with Crippen molar-refractivity contribution in [1.29, 1.82) is 0 Å². The van der Waals surface area contributed by atoms with E-state index < -0.39 is 0 Å². The Morgan fingerprint density at radius 1 is 0.952 bits per heavy atom. The van der Waals surface area contributed by atoms with Gasteiger partial charge in [0, 0.05) is 18.1 Å². The van der Waals surface area contributed by atoms with E-state index in [1.807, 2.05) is 42.5 Å². The summed E-state index contributed by atoms with van der Waals surface area (Å²) in [5.41, 5.74) is 8.34. The van der Waals surface area contributed by atoms with Crippen LogP contribution in [-0.4, -0.2) is 19.0 Å². The topological polar surface area (TPSA) is 50.4 Å². The third-order valence-corrected chi connectivity index (χ3v) is 3.41. The van der Waals surface area contributed by atoms with Crippen LogP contribution in [0.5, 0.6) is 0 Å². The molecule has 0 bridgehead atoms. The lowest BCUT2D eigenvalue weighted by atomic mass is 10.1. The second-order valence-electron chi connectivity index (χ2n) is 4.81. The van der Waals surface area contributed by atoms with Gasteiger partial charge in [0.25, 0.3) is 0 Å². The predicted octanol–water partition coefficient (Wildman–Crippen LogP) is 3.03. The van der Waals surface area contributed by atoms with Crippen LogP contribution in [0.25, 0.3) is 0 Å². The van der Waals surface area contributed by atoms with Crippen LogP contribution >= 0.6 is 11.6 Å². The van der Waals surface area contributed by atoms with Crippen LogP contribution in [-0.2, 0) is 12.8 Å². The van der Waals surface area contributed by atoms with Crippen molar-refractivity contribution in [2.24, 2.45) is 10.7 Å². The number of hydrogen-bond acceptors (Lipinski definition) is 1. The van der Waals surface area contributed by atoms with Crippen LogP contribution in [0.2, 0.25) is 5.02 Å². The second-order valence-corrected chi connectivity index (χ2v) is 5.24. The summed E-state index contributed by atoms with van der Waals surface area (Å²) < 4.78 is 0. The minimum Gasteiger partial charge on any atom is -0.370 e. The van der Waals surface area contributed by atoms with Gasteiger partial charge in [-0.1, -0.05) is 54.1 Å². The third kappa shape index (κ3) is 5.88. The van der Waals surface area contributed by atoms with Crippen molar-refractivity contribution in [2.45, 2.75) is 12.8 Å². The van der Waals surface area contributed by atoms with Crippen LogP contribution < -0.4 is 11.1 Å². The van der Waals surface area contributed by atoms with Gasteiger partial charge in [0.1, 0.15) is 0 Å². The minimum atomic E-state index is 0.500. The summed E-state index contributed by atoms with van der Waals surface area (Å²) in [7, 11) is 0. The molecule has 3 nitrogen and oxygen atoms in total. The highest BCUT2D eigenvalue weighted by Crippen LogP contribution is 2.09. The Morgan fingerprint density at radius 2 is 1.62 bits per heavy atom. The first kappa shape index (κ1) is 15.4. The van der Waals surface area contributed by atoms with Crippen LogP contribution in [0.3, 0.4) is 0 Å². The second kappa shape index (κ2) is 8.32. The molecule has 0 amide bonds. The molecule has 21 heavy (non-hydrogen) atoms. The van der Waals surface area contributed by atoms with Crippen molar-refractivity contribution < 1.29 is 0 Å². The van der Waals surface area contributed by atoms with Crippen molar-refractivity contribution in [1.82, 2.24) is 5.32 Å². The van der Waals surface area contributed by atoms with Gasteiger partial charge in [0.15, 0.2) is 5.96 Å². The molecule has 110 valence electrons. The van der Waals surface area contributed by atoms with Crippen molar-refractivity contribution in [3.63, 3.8) is 0 Å². The summed E-state index contributed by atoms with van der Waals surface area (Å²) in [6.45, 7) is 1.46. The molecule has 0 aliphatic carbocycles. The van der Waals surface area contributed by atoms with Crippen molar-refractivity contribution in [2.75, 3.05) is 13.1 Å². The van der Waals surface area contributed by atoms with Gasteiger partial charge in [-0.3, -0.25) is 4.99 Å². The van der Waals surface area contributed by atoms with Crippen LogP contribution in [0.1, 0.15) is 11.1 Å². The van der Waals surface area contributed by atoms with Gasteiger partial charge in [-0.15, -0.1) is 0 Å². The molecule has 0 unspecified atom stereocenters. The Kier molecular flexibility index (Phi) is 6.10. The summed E-state index contributed by atoms with van der Waals surface area (Å²) in [5.74, 6) is 0.500. The molecule has 3 N–H and O–H groups in total. The normalized spacial score (nSPS) is 11.4. The maximum Gasteiger partial charge on any atom is 0.188 e. The van der Waals surface area contributed by atoms with E-state index in [2.05, 4.69) is 22.4 Å². The number of nitrogens with zero attached hydrogens (tertiary/aromatic N) is 1. The Balaban J connectivity index is 1.68. The molecule has 0 radical (unpaired) electrons. The Labute approximate surface area is 130 Å². The first-order valence-corrected chi connectivity index (χ1v) is 7.44. The first-order valence-electron chi connectivity index (χ1n) is 7.06. The van der Waals surface area contributed by atoms with E-state index in [1.54, 1.807) is 0 Å². The Bertz CT molecular complexity index is 564. The molecule has 0 fully saturated rings. The molecule has 2 aromatic carbocycles. The third-order valence-electron chi connectivity index (χ3n) is 3.16. The summed E-state index contributed by atoms with van der Waals surface area (Å²) in [6.07, 6.45) is 1.80. The summed E-state index contributed by atoms with van der Waals surface area (Å²) >= 11 is 5.85. The largest absolute Gasteiger partial charge is 0.370 e. The average Bonchev–Trinajstić information content (AvgIpc) is 2.50. The smallest absolute Gasteiger partial charge is 0.188 e. The molecule has 0 saturated carbocycles. The van der Waals surface area contributed by atoms with Gasteiger partial charge in [0.05, 0.1) is 0 Å². The van der Waals surface area contributed by atoms with Crippen LogP contribution in [0, 0.1) is 0 Å². The summed E-state index contributed by atoms with van der Waals surface area (Å²) in [6, 6.07) is 18.1. The maximum atomic E-state index is 5.85. The van der Waals surface area contributed by atoms with Crippen molar-refractivity contribution in [3.8, 4) is 0 Å². The van der Waals surface area contributed by atoms with Crippen LogP contribution in [0.4, 0.5) is 0 Å². The predicted molar refractivity (Wildman–Crippen MR) is 89.8 cm³/mol. The highest BCUT2D eigenvalue weighted by Gasteiger charge is 1.95. The Hall–Kier alpha value is -2.00. The number of benzene rings is 2. The lowest BCUT2D eigenvalue weighted by molar-refractivity contribution is 0.844. The molecule has 2 aromatic rings. The van der Waals surface area contributed by atoms with Gasteiger partial charge >= 0.3 is 0 Å². The van der Waals surface area contributed by atoms with Gasteiger partial charge < -0.3 is 11.1 Å². The van der Waals surface area contributed by atoms with Gasteiger partial charge in [-0.05, 0) is 36.1 Å². The van der Waals surface area contributed by atoms with Gasteiger partial charge in [-0.25, -0.2) is 0 Å². The highest BCUT2D eigenvalue weighted by atomic mass is 35.5. The number of aliphatic imine (C=N–C) groups is 1. The fraction of sp³-hybridized carbons (Fsp3) is 0.235. The molecule has 0 aliphatic heterocycles. The molecule has 0 saturated heterocycles. The summed E-state index contributed by atoms with van der Waals surface area (Å²) in [4.78, 5) is 4.32. The number of guanidine groups is 1. The van der Waals surface area contributed by atoms with Crippen molar-refractivity contribution in [3.05, 3.63) is 70.7 Å². The molecule has 0 spiro atoms. The quantitative estimate of drug-likeness (QED) is 0.636. The molecular weight excluding hydrogens is 282 g/mol. The fourth-order valence-corrected chi connectivity index (χ4v) is 2.12. The van der Waals surface area contributed by atoms with E-state index in [0.29, 0.717) is 12.5 Å². The first-order chi connectivity index (χ1) is 10.2. The molecular formula is C17H20ClN3. The fourth-order valence-electron chi connectivity index (χ4n) is 1.99. The molecule has 0 heterocycles. The lowest BCUT2D eigenvalue weighted by Crippen LogP contribution is -2.33. The Morgan fingerprint density at radius 3 is 2.33 bits per heavy atom. The highest BCUT2D eigenvalue weighted by molar-refractivity contribution is 6.30. The lowest BCUT2D eigenvalue weighted by Gasteiger charge is -2.06. The number of nitrogens with one attached hydrogen (secondary N) is 1. The average molecular weight is 302 g/mol. The van der Waals surface area contributed by atoms with Crippen molar-refractivity contribution >= 4 is 17.6 Å². The maximum absolute atomic E-state index is 5.85. The van der Waals surface area contributed by atoms with Crippen LogP contribution in [0.15, 0.2) is 59.6 Å². The van der Waals surface area contributed by atoms with E-state index in [4.69, 9.17) is 17.3 Å². The number of nitrogens with two attached hydrogens (primary N) is 1. The molecule has 0 atom stereocenters. The number of hydrogen-bond donors (Lipinski definition) is 2.